The van der Waals surface area contributed by atoms with Gasteiger partial charge in [0.05, 0.1) is 11.0 Å². The SMILES string of the molecule is C=C(C)C1CCC2(C(=O)NCC(C)(C)N)CCC3(C)C(CCC4C5(C)CC=C(c6ccc(C(=O)O)cc6)C(C)(C)C5CCC43C)C12. The van der Waals surface area contributed by atoms with Crippen molar-refractivity contribution in [2.75, 3.05) is 6.54 Å². The van der Waals surface area contributed by atoms with Gasteiger partial charge in [0.25, 0.3) is 0 Å². The molecule has 0 bridgehead atoms. The molecule has 5 nitrogen and oxygen atoms in total. The van der Waals surface area contributed by atoms with Crippen LogP contribution in [0.5, 0.6) is 0 Å². The van der Waals surface area contributed by atoms with E-state index in [0.717, 1.165) is 37.7 Å². The van der Waals surface area contributed by atoms with E-state index in [4.69, 9.17) is 5.73 Å². The molecule has 4 fully saturated rings. The first-order valence-corrected chi connectivity index (χ1v) is 18.1. The number of rotatable bonds is 6. The Morgan fingerprint density at radius 3 is 2.22 bits per heavy atom. The van der Waals surface area contributed by atoms with Crippen molar-refractivity contribution in [3.05, 3.63) is 53.6 Å². The van der Waals surface area contributed by atoms with Gasteiger partial charge in [0.15, 0.2) is 0 Å². The van der Waals surface area contributed by atoms with Gasteiger partial charge in [-0.3, -0.25) is 4.79 Å². The van der Waals surface area contributed by atoms with Gasteiger partial charge in [-0.25, -0.2) is 4.79 Å². The van der Waals surface area contributed by atoms with Crippen LogP contribution in [0.2, 0.25) is 0 Å². The largest absolute Gasteiger partial charge is 0.478 e. The minimum absolute atomic E-state index is 0.0100. The second-order valence-corrected chi connectivity index (χ2v) is 18.4. The lowest BCUT2D eigenvalue weighted by atomic mass is 9.32. The number of carboxylic acid groups (broad SMARTS) is 1. The molecular formula is C41H60N2O3. The zero-order chi connectivity index (χ0) is 33.7. The van der Waals surface area contributed by atoms with E-state index in [0.29, 0.717) is 41.7 Å². The summed E-state index contributed by atoms with van der Waals surface area (Å²) in [4.78, 5) is 25.8. The molecule has 0 aliphatic heterocycles. The van der Waals surface area contributed by atoms with Crippen molar-refractivity contribution in [3.63, 3.8) is 0 Å². The number of hydrogen-bond acceptors (Lipinski definition) is 3. The van der Waals surface area contributed by atoms with E-state index >= 15 is 0 Å². The Labute approximate surface area is 278 Å². The molecule has 0 radical (unpaired) electrons. The highest BCUT2D eigenvalue weighted by Crippen LogP contribution is 2.77. The van der Waals surface area contributed by atoms with Gasteiger partial charge in [0, 0.05) is 12.1 Å². The van der Waals surface area contributed by atoms with Crippen molar-refractivity contribution < 1.29 is 14.7 Å². The van der Waals surface area contributed by atoms with E-state index in [1.807, 2.05) is 26.0 Å². The third-order valence-electron chi connectivity index (χ3n) is 15.2. The average Bonchev–Trinajstić information content (AvgIpc) is 3.37. The second-order valence-electron chi connectivity index (χ2n) is 18.4. The van der Waals surface area contributed by atoms with Crippen LogP contribution in [0.1, 0.15) is 129 Å². The Morgan fingerprint density at radius 1 is 0.935 bits per heavy atom. The van der Waals surface area contributed by atoms with Gasteiger partial charge in [0.1, 0.15) is 0 Å². The fraction of sp³-hybridized carbons (Fsp3) is 0.707. The Morgan fingerprint density at radius 2 is 1.61 bits per heavy atom. The number of allylic oxidation sites excluding steroid dienone is 3. The van der Waals surface area contributed by atoms with Crippen LogP contribution in [-0.2, 0) is 4.79 Å². The summed E-state index contributed by atoms with van der Waals surface area (Å²) in [6.07, 6.45) is 12.5. The van der Waals surface area contributed by atoms with Gasteiger partial charge < -0.3 is 16.2 Å². The monoisotopic (exact) mass is 628 g/mol. The zero-order valence-corrected chi connectivity index (χ0v) is 29.9. The average molecular weight is 629 g/mol. The third-order valence-corrected chi connectivity index (χ3v) is 15.2. The van der Waals surface area contributed by atoms with Crippen LogP contribution in [0.3, 0.4) is 0 Å². The molecule has 5 aliphatic carbocycles. The molecule has 5 heteroatoms. The van der Waals surface area contributed by atoms with Crippen molar-refractivity contribution >= 4 is 17.4 Å². The quantitative estimate of drug-likeness (QED) is 0.274. The van der Waals surface area contributed by atoms with E-state index in [-0.39, 0.29) is 33.0 Å². The molecule has 5 aliphatic rings. The third kappa shape index (κ3) is 4.71. The smallest absolute Gasteiger partial charge is 0.335 e. The zero-order valence-electron chi connectivity index (χ0n) is 29.9. The summed E-state index contributed by atoms with van der Waals surface area (Å²) in [6.45, 7) is 24.0. The minimum atomic E-state index is -0.876. The van der Waals surface area contributed by atoms with E-state index in [9.17, 15) is 14.7 Å². The predicted molar refractivity (Wildman–Crippen MR) is 187 cm³/mol. The topological polar surface area (TPSA) is 92.4 Å². The van der Waals surface area contributed by atoms with Crippen molar-refractivity contribution in [1.82, 2.24) is 5.32 Å². The molecule has 4 N–H and O–H groups in total. The molecule has 9 atom stereocenters. The normalized spacial score (nSPS) is 41.2. The summed E-state index contributed by atoms with van der Waals surface area (Å²) in [6, 6.07) is 7.53. The lowest BCUT2D eigenvalue weighted by molar-refractivity contribution is -0.225. The summed E-state index contributed by atoms with van der Waals surface area (Å²) in [5, 5.41) is 12.8. The highest BCUT2D eigenvalue weighted by atomic mass is 16.4. The molecule has 1 aromatic carbocycles. The molecule has 0 heterocycles. The Balaban J connectivity index is 1.34. The molecule has 0 spiro atoms. The van der Waals surface area contributed by atoms with E-state index in [1.54, 1.807) is 12.1 Å². The van der Waals surface area contributed by atoms with Gasteiger partial charge in [-0.2, -0.15) is 0 Å². The van der Waals surface area contributed by atoms with Crippen LogP contribution in [0, 0.1) is 56.7 Å². The highest BCUT2D eigenvalue weighted by Gasteiger charge is 2.71. The molecule has 6 rings (SSSR count). The van der Waals surface area contributed by atoms with E-state index in [1.165, 1.54) is 36.8 Å². The Bertz CT molecular complexity index is 1450. The maximum atomic E-state index is 14.2. The second kappa shape index (κ2) is 10.8. The van der Waals surface area contributed by atoms with Crippen molar-refractivity contribution in [2.24, 2.45) is 62.4 Å². The first-order chi connectivity index (χ1) is 21.3. The van der Waals surface area contributed by atoms with Crippen molar-refractivity contribution in [3.8, 4) is 0 Å². The molecule has 1 aromatic rings. The molecule has 4 saturated carbocycles. The van der Waals surface area contributed by atoms with Crippen molar-refractivity contribution in [2.45, 2.75) is 119 Å². The fourth-order valence-corrected chi connectivity index (χ4v) is 12.9. The fourth-order valence-electron chi connectivity index (χ4n) is 12.9. The van der Waals surface area contributed by atoms with Crippen LogP contribution in [-0.4, -0.2) is 29.1 Å². The molecule has 0 saturated heterocycles. The molecule has 1 amide bonds. The van der Waals surface area contributed by atoms with Crippen molar-refractivity contribution in [1.29, 1.82) is 0 Å². The molecule has 46 heavy (non-hydrogen) atoms. The summed E-state index contributed by atoms with van der Waals surface area (Å²) >= 11 is 0. The van der Waals surface area contributed by atoms with Gasteiger partial charge >= 0.3 is 5.97 Å². The molecule has 0 aromatic heterocycles. The highest BCUT2D eigenvalue weighted by molar-refractivity contribution is 5.88. The number of fused-ring (bicyclic) bond motifs is 7. The molecular weight excluding hydrogens is 568 g/mol. The molecule has 252 valence electrons. The standard InChI is InChI=1S/C41H60N2O3/c1-25(2)28-16-21-41(35(46)43-24-36(3,4)42)23-22-39(8)30(33(28)41)14-15-32-38(7)19-17-29(26-10-12-27(13-11-26)34(44)45)37(5,6)31(38)18-20-40(32,39)9/h10-13,17,28,30-33H,1,14-16,18-24,42H2,2-9H3,(H,43,46)(H,44,45). The van der Waals surface area contributed by atoms with Gasteiger partial charge in [-0.1, -0.05) is 65.0 Å². The van der Waals surface area contributed by atoms with Crippen LogP contribution >= 0.6 is 0 Å². The lowest BCUT2D eigenvalue weighted by Crippen LogP contribution is -2.66. The number of benzene rings is 1. The summed E-state index contributed by atoms with van der Waals surface area (Å²) in [7, 11) is 0. The number of aromatic carboxylic acids is 1. The Hall–Kier alpha value is -2.40. The first kappa shape index (κ1) is 33.5. The van der Waals surface area contributed by atoms with Crippen LogP contribution in [0.25, 0.3) is 5.57 Å². The van der Waals surface area contributed by atoms with E-state index in [2.05, 4.69) is 59.5 Å². The van der Waals surface area contributed by atoms with E-state index < -0.39 is 11.5 Å². The summed E-state index contributed by atoms with van der Waals surface area (Å²) in [5.74, 6) is 1.80. The summed E-state index contributed by atoms with van der Waals surface area (Å²) in [5.41, 5.74) is 10.3. The Kier molecular flexibility index (Phi) is 7.87. The maximum absolute atomic E-state index is 14.2. The summed E-state index contributed by atoms with van der Waals surface area (Å²) < 4.78 is 0. The number of carboxylic acids is 1. The number of nitrogens with one attached hydrogen (secondary N) is 1. The number of carbonyl (C=O) groups excluding carboxylic acids is 1. The molecule has 9 unspecified atom stereocenters. The number of nitrogens with two attached hydrogens (primary N) is 1. The van der Waals surface area contributed by atoms with Gasteiger partial charge in [0.2, 0.25) is 5.91 Å². The maximum Gasteiger partial charge on any atom is 0.335 e. The number of hydrogen-bond donors (Lipinski definition) is 3. The van der Waals surface area contributed by atoms with Gasteiger partial charge in [-0.15, -0.1) is 0 Å². The lowest BCUT2D eigenvalue weighted by Gasteiger charge is -2.72. The van der Waals surface area contributed by atoms with Gasteiger partial charge in [-0.05, 0) is 153 Å². The van der Waals surface area contributed by atoms with Crippen LogP contribution in [0.15, 0.2) is 42.5 Å². The first-order valence-electron chi connectivity index (χ1n) is 18.1. The number of carbonyl (C=O) groups is 2. The minimum Gasteiger partial charge on any atom is -0.478 e. The van der Waals surface area contributed by atoms with Crippen LogP contribution in [0.4, 0.5) is 0 Å². The number of amides is 1. The van der Waals surface area contributed by atoms with Crippen LogP contribution < -0.4 is 11.1 Å². The predicted octanol–water partition coefficient (Wildman–Crippen LogP) is 8.89.